The van der Waals surface area contributed by atoms with Crippen LogP contribution < -0.4 is 5.32 Å². The number of hydrogen-bond donors (Lipinski definition) is 3. The highest BCUT2D eigenvalue weighted by molar-refractivity contribution is 6.33. The summed E-state index contributed by atoms with van der Waals surface area (Å²) in [5.74, 6) is -1.00. The van der Waals surface area contributed by atoms with Gasteiger partial charge in [-0.2, -0.15) is 0 Å². The number of halogens is 1. The zero-order valence-electron chi connectivity index (χ0n) is 10.5. The molecule has 0 aliphatic carbocycles. The monoisotopic (exact) mass is 271 g/mol. The van der Waals surface area contributed by atoms with Crippen molar-refractivity contribution in [3.8, 4) is 0 Å². The Morgan fingerprint density at radius 2 is 2.17 bits per heavy atom. The van der Waals surface area contributed by atoms with Crippen LogP contribution in [0.5, 0.6) is 0 Å². The molecular formula is C13H18ClNO3. The number of hydrogen-bond acceptors (Lipinski definition) is 3. The highest BCUT2D eigenvalue weighted by atomic mass is 35.5. The first-order valence-corrected chi connectivity index (χ1v) is 6.21. The van der Waals surface area contributed by atoms with Gasteiger partial charge >= 0.3 is 5.97 Å². The number of benzene rings is 1. The number of carboxylic acid groups (broad SMARTS) is 1. The normalized spacial score (nSPS) is 14.0. The molecular weight excluding hydrogens is 254 g/mol. The van der Waals surface area contributed by atoms with E-state index < -0.39 is 5.97 Å². The Morgan fingerprint density at radius 1 is 1.50 bits per heavy atom. The first-order valence-electron chi connectivity index (χ1n) is 5.84. The molecule has 0 aliphatic heterocycles. The van der Waals surface area contributed by atoms with Crippen LogP contribution in [0.1, 0.15) is 37.0 Å². The number of carbonyl (C=O) groups is 1. The fraction of sp³-hybridized carbons (Fsp3) is 0.462. The quantitative estimate of drug-likeness (QED) is 0.744. The van der Waals surface area contributed by atoms with Crippen molar-refractivity contribution in [3.63, 3.8) is 0 Å². The van der Waals surface area contributed by atoms with E-state index in [0.717, 1.165) is 6.42 Å². The second-order valence-electron chi connectivity index (χ2n) is 4.51. The Balaban J connectivity index is 2.94. The summed E-state index contributed by atoms with van der Waals surface area (Å²) in [6.07, 6.45) is 1.42. The molecule has 4 nitrogen and oxygen atoms in total. The van der Waals surface area contributed by atoms with Crippen molar-refractivity contribution in [1.82, 2.24) is 0 Å². The summed E-state index contributed by atoms with van der Waals surface area (Å²) in [5.41, 5.74) is 0.578. The van der Waals surface area contributed by atoms with Gasteiger partial charge in [0.1, 0.15) is 0 Å². The molecule has 0 amide bonds. The fourth-order valence-corrected chi connectivity index (χ4v) is 1.88. The standard InChI is InChI=1S/C13H18ClNO3/c1-3-13(2,6-7-16)15-11-5-4-9(12(17)18)8-10(11)14/h4-5,8,15-16H,3,6-7H2,1-2H3,(H,17,18). The van der Waals surface area contributed by atoms with Crippen LogP contribution in [0.3, 0.4) is 0 Å². The van der Waals surface area contributed by atoms with Crippen molar-refractivity contribution in [2.75, 3.05) is 11.9 Å². The maximum atomic E-state index is 10.8. The summed E-state index contributed by atoms with van der Waals surface area (Å²) in [4.78, 5) is 10.8. The predicted octanol–water partition coefficient (Wildman–Crippen LogP) is 3.00. The first kappa shape index (κ1) is 14.8. The van der Waals surface area contributed by atoms with E-state index >= 15 is 0 Å². The first-order chi connectivity index (χ1) is 8.41. The van der Waals surface area contributed by atoms with Gasteiger partial charge in [0.15, 0.2) is 0 Å². The molecule has 1 aromatic rings. The van der Waals surface area contributed by atoms with Gasteiger partial charge in [-0.3, -0.25) is 0 Å². The maximum absolute atomic E-state index is 10.8. The lowest BCUT2D eigenvalue weighted by Gasteiger charge is -2.30. The molecule has 3 N–H and O–H groups in total. The highest BCUT2D eigenvalue weighted by Gasteiger charge is 2.22. The van der Waals surface area contributed by atoms with E-state index in [0.29, 0.717) is 17.1 Å². The number of aromatic carboxylic acids is 1. The average molecular weight is 272 g/mol. The minimum absolute atomic E-state index is 0.0855. The maximum Gasteiger partial charge on any atom is 0.335 e. The molecule has 1 atom stereocenters. The molecule has 1 aromatic carbocycles. The SMILES string of the molecule is CCC(C)(CCO)Nc1ccc(C(=O)O)cc1Cl. The van der Waals surface area contributed by atoms with Gasteiger partial charge in [0, 0.05) is 12.1 Å². The van der Waals surface area contributed by atoms with Crippen LogP contribution >= 0.6 is 11.6 Å². The zero-order valence-corrected chi connectivity index (χ0v) is 11.3. The van der Waals surface area contributed by atoms with E-state index in [1.165, 1.54) is 12.1 Å². The van der Waals surface area contributed by atoms with E-state index in [9.17, 15) is 4.79 Å². The van der Waals surface area contributed by atoms with Gasteiger partial charge in [-0.15, -0.1) is 0 Å². The number of aliphatic hydroxyl groups excluding tert-OH is 1. The Hall–Kier alpha value is -1.26. The third-order valence-electron chi connectivity index (χ3n) is 3.10. The molecule has 0 fully saturated rings. The average Bonchev–Trinajstić information content (AvgIpc) is 2.32. The van der Waals surface area contributed by atoms with Crippen molar-refractivity contribution in [2.24, 2.45) is 0 Å². The molecule has 0 radical (unpaired) electrons. The second kappa shape index (κ2) is 6.07. The van der Waals surface area contributed by atoms with Crippen molar-refractivity contribution in [1.29, 1.82) is 0 Å². The molecule has 0 spiro atoms. The van der Waals surface area contributed by atoms with Gasteiger partial charge in [0.05, 0.1) is 16.3 Å². The number of carboxylic acids is 1. The molecule has 5 heteroatoms. The number of rotatable bonds is 6. The van der Waals surface area contributed by atoms with Gasteiger partial charge in [-0.1, -0.05) is 18.5 Å². The van der Waals surface area contributed by atoms with Crippen LogP contribution in [0, 0.1) is 0 Å². The lowest BCUT2D eigenvalue weighted by Crippen LogP contribution is -2.35. The van der Waals surface area contributed by atoms with Crippen LogP contribution in [0.2, 0.25) is 5.02 Å². The summed E-state index contributed by atoms with van der Waals surface area (Å²) in [7, 11) is 0. The summed E-state index contributed by atoms with van der Waals surface area (Å²) in [6.45, 7) is 4.09. The van der Waals surface area contributed by atoms with Crippen molar-refractivity contribution in [2.45, 2.75) is 32.2 Å². The van der Waals surface area contributed by atoms with Crippen molar-refractivity contribution in [3.05, 3.63) is 28.8 Å². The zero-order chi connectivity index (χ0) is 13.8. The minimum Gasteiger partial charge on any atom is -0.478 e. The summed E-state index contributed by atoms with van der Waals surface area (Å²) in [5, 5.41) is 21.5. The van der Waals surface area contributed by atoms with E-state index in [4.69, 9.17) is 21.8 Å². The van der Waals surface area contributed by atoms with Gasteiger partial charge in [0.25, 0.3) is 0 Å². The van der Waals surface area contributed by atoms with Gasteiger partial charge in [0.2, 0.25) is 0 Å². The Bertz CT molecular complexity index is 436. The summed E-state index contributed by atoms with van der Waals surface area (Å²) >= 11 is 6.05. The smallest absolute Gasteiger partial charge is 0.335 e. The molecule has 0 heterocycles. The topological polar surface area (TPSA) is 69.6 Å². The lowest BCUT2D eigenvalue weighted by atomic mass is 9.94. The van der Waals surface area contributed by atoms with Crippen LogP contribution in [-0.4, -0.2) is 28.3 Å². The third-order valence-corrected chi connectivity index (χ3v) is 3.41. The molecule has 0 aromatic heterocycles. The molecule has 0 saturated heterocycles. The third kappa shape index (κ3) is 3.62. The van der Waals surface area contributed by atoms with E-state index in [1.54, 1.807) is 6.07 Å². The van der Waals surface area contributed by atoms with E-state index in [1.807, 2.05) is 13.8 Å². The molecule has 0 aliphatic rings. The van der Waals surface area contributed by atoms with Crippen LogP contribution in [-0.2, 0) is 0 Å². The highest BCUT2D eigenvalue weighted by Crippen LogP contribution is 2.28. The number of aliphatic hydroxyl groups is 1. The van der Waals surface area contributed by atoms with E-state index in [-0.39, 0.29) is 17.7 Å². The number of anilines is 1. The minimum atomic E-state index is -1.00. The van der Waals surface area contributed by atoms with Gasteiger partial charge in [-0.25, -0.2) is 4.79 Å². The predicted molar refractivity (Wildman–Crippen MR) is 72.4 cm³/mol. The molecule has 100 valence electrons. The summed E-state index contributed by atoms with van der Waals surface area (Å²) < 4.78 is 0. The van der Waals surface area contributed by atoms with Crippen LogP contribution in [0.4, 0.5) is 5.69 Å². The largest absolute Gasteiger partial charge is 0.478 e. The van der Waals surface area contributed by atoms with Gasteiger partial charge in [-0.05, 0) is 38.0 Å². The van der Waals surface area contributed by atoms with Gasteiger partial charge < -0.3 is 15.5 Å². The lowest BCUT2D eigenvalue weighted by molar-refractivity contribution is 0.0697. The molecule has 1 rings (SSSR count). The molecule has 1 unspecified atom stereocenters. The van der Waals surface area contributed by atoms with Crippen molar-refractivity contribution < 1.29 is 15.0 Å². The Kier molecular flexibility index (Phi) is 4.99. The number of nitrogens with one attached hydrogen (secondary N) is 1. The van der Waals surface area contributed by atoms with Crippen LogP contribution in [0.15, 0.2) is 18.2 Å². The van der Waals surface area contributed by atoms with Crippen LogP contribution in [0.25, 0.3) is 0 Å². The molecule has 0 saturated carbocycles. The van der Waals surface area contributed by atoms with Crippen molar-refractivity contribution >= 4 is 23.3 Å². The summed E-state index contributed by atoms with van der Waals surface area (Å²) in [6, 6.07) is 4.57. The Labute approximate surface area is 112 Å². The molecule has 18 heavy (non-hydrogen) atoms. The fourth-order valence-electron chi connectivity index (χ4n) is 1.65. The molecule has 0 bridgehead atoms. The Morgan fingerprint density at radius 3 is 2.61 bits per heavy atom. The van der Waals surface area contributed by atoms with E-state index in [2.05, 4.69) is 5.32 Å². The second-order valence-corrected chi connectivity index (χ2v) is 4.92.